The lowest BCUT2D eigenvalue weighted by molar-refractivity contribution is -0.145. The number of aromatic nitrogens is 1. The summed E-state index contributed by atoms with van der Waals surface area (Å²) in [5.74, 6) is -0.558. The molecule has 0 spiro atoms. The molecule has 19 heavy (non-hydrogen) atoms. The fourth-order valence-electron chi connectivity index (χ4n) is 1.14. The minimum atomic E-state index is -0.938. The number of carbonyl (C=O) groups excluding carboxylic acids is 1. The van der Waals surface area contributed by atoms with Gasteiger partial charge in [-0.25, -0.2) is 4.98 Å². The number of nitrogens with zero attached hydrogens (tertiary/aromatic N) is 1. The van der Waals surface area contributed by atoms with E-state index in [1.54, 1.807) is 5.38 Å². The van der Waals surface area contributed by atoms with Gasteiger partial charge < -0.3 is 14.2 Å². The van der Waals surface area contributed by atoms with Crippen LogP contribution in [0.25, 0.3) is 0 Å². The molecular formula is C11H15Cl2NO4S. The zero-order chi connectivity index (χ0) is 14.1. The highest BCUT2D eigenvalue weighted by molar-refractivity contribution is 7.14. The second kappa shape index (κ2) is 9.50. The second-order valence-corrected chi connectivity index (χ2v) is 5.24. The Kier molecular flexibility index (Phi) is 8.32. The molecule has 0 fully saturated rings. The van der Waals surface area contributed by atoms with Crippen LogP contribution in [0.1, 0.15) is 18.0 Å². The molecule has 1 unspecified atom stereocenters. The van der Waals surface area contributed by atoms with E-state index in [0.29, 0.717) is 36.6 Å². The number of alkyl halides is 1. The number of hydrogen-bond donors (Lipinski definition) is 0. The molecule has 1 heterocycles. The quantitative estimate of drug-likeness (QED) is 0.396. The standard InChI is InChI=1S/C11H15Cl2NO4S/c1-2-16-3-4-17-5-6-18-10(15)9(12)8-7-19-11(13)14-8/h7,9H,2-6H2,1H3. The van der Waals surface area contributed by atoms with Gasteiger partial charge in [-0.3, -0.25) is 4.79 Å². The maximum Gasteiger partial charge on any atom is 0.330 e. The molecule has 0 saturated carbocycles. The third-order valence-electron chi connectivity index (χ3n) is 2.01. The minimum Gasteiger partial charge on any atom is -0.462 e. The van der Waals surface area contributed by atoms with Gasteiger partial charge in [-0.15, -0.1) is 22.9 Å². The van der Waals surface area contributed by atoms with E-state index < -0.39 is 11.3 Å². The van der Waals surface area contributed by atoms with Crippen molar-refractivity contribution in [1.29, 1.82) is 0 Å². The van der Waals surface area contributed by atoms with Crippen molar-refractivity contribution >= 4 is 40.5 Å². The van der Waals surface area contributed by atoms with E-state index >= 15 is 0 Å². The molecule has 0 radical (unpaired) electrons. The maximum atomic E-state index is 11.6. The van der Waals surface area contributed by atoms with Crippen LogP contribution >= 0.6 is 34.5 Å². The van der Waals surface area contributed by atoms with Crippen LogP contribution in [0, 0.1) is 0 Å². The van der Waals surface area contributed by atoms with Gasteiger partial charge in [0.25, 0.3) is 0 Å². The maximum absolute atomic E-state index is 11.6. The molecule has 1 atom stereocenters. The van der Waals surface area contributed by atoms with Gasteiger partial charge in [0.1, 0.15) is 6.61 Å². The first-order valence-electron chi connectivity index (χ1n) is 5.72. The summed E-state index contributed by atoms with van der Waals surface area (Å²) in [5, 5.41) is 0.687. The predicted molar refractivity (Wildman–Crippen MR) is 74.0 cm³/mol. The Morgan fingerprint density at radius 1 is 1.37 bits per heavy atom. The van der Waals surface area contributed by atoms with Gasteiger partial charge in [0, 0.05) is 12.0 Å². The van der Waals surface area contributed by atoms with Gasteiger partial charge in [0.2, 0.25) is 0 Å². The molecule has 0 aliphatic rings. The summed E-state index contributed by atoms with van der Waals surface area (Å²) >= 11 is 12.8. The molecule has 0 aromatic carbocycles. The van der Waals surface area contributed by atoms with Crippen LogP contribution in [-0.4, -0.2) is 44.0 Å². The third-order valence-corrected chi connectivity index (χ3v) is 3.41. The molecule has 5 nitrogen and oxygen atoms in total. The highest BCUT2D eigenvalue weighted by Gasteiger charge is 2.21. The van der Waals surface area contributed by atoms with Gasteiger partial charge in [0.15, 0.2) is 9.84 Å². The Hall–Kier alpha value is -0.400. The predicted octanol–water partition coefficient (Wildman–Crippen LogP) is 2.67. The zero-order valence-electron chi connectivity index (χ0n) is 10.4. The number of rotatable bonds is 9. The van der Waals surface area contributed by atoms with Crippen LogP contribution in [0.5, 0.6) is 0 Å². The van der Waals surface area contributed by atoms with Crippen molar-refractivity contribution < 1.29 is 19.0 Å². The lowest BCUT2D eigenvalue weighted by Crippen LogP contribution is -2.16. The summed E-state index contributed by atoms with van der Waals surface area (Å²) in [6.07, 6.45) is 0. The molecule has 8 heteroatoms. The van der Waals surface area contributed by atoms with Crippen molar-refractivity contribution in [3.63, 3.8) is 0 Å². The van der Waals surface area contributed by atoms with Crippen LogP contribution < -0.4 is 0 Å². The van der Waals surface area contributed by atoms with Crippen molar-refractivity contribution in [1.82, 2.24) is 4.98 Å². The van der Waals surface area contributed by atoms with E-state index in [4.69, 9.17) is 37.4 Å². The van der Waals surface area contributed by atoms with Crippen LogP contribution in [0.4, 0.5) is 0 Å². The summed E-state index contributed by atoms with van der Waals surface area (Å²) in [5.41, 5.74) is 0.402. The number of ether oxygens (including phenoxy) is 3. The van der Waals surface area contributed by atoms with Gasteiger partial charge >= 0.3 is 5.97 Å². The number of halogens is 2. The molecule has 1 aromatic heterocycles. The second-order valence-electron chi connectivity index (χ2n) is 3.36. The number of thiazole rings is 1. The van der Waals surface area contributed by atoms with E-state index in [1.165, 1.54) is 11.3 Å². The lowest BCUT2D eigenvalue weighted by Gasteiger charge is -2.08. The summed E-state index contributed by atoms with van der Waals surface area (Å²) in [6, 6.07) is 0. The van der Waals surface area contributed by atoms with Crippen molar-refractivity contribution in [2.24, 2.45) is 0 Å². The minimum absolute atomic E-state index is 0.145. The van der Waals surface area contributed by atoms with Gasteiger partial charge in [-0.1, -0.05) is 11.6 Å². The molecule has 0 amide bonds. The summed E-state index contributed by atoms with van der Waals surface area (Å²) in [7, 11) is 0. The monoisotopic (exact) mass is 327 g/mol. The van der Waals surface area contributed by atoms with Crippen molar-refractivity contribution in [3.8, 4) is 0 Å². The molecule has 108 valence electrons. The first-order valence-corrected chi connectivity index (χ1v) is 7.41. The number of hydrogen-bond acceptors (Lipinski definition) is 6. The third kappa shape index (κ3) is 6.54. The molecule has 0 aliphatic heterocycles. The molecule has 0 N–H and O–H groups in total. The van der Waals surface area contributed by atoms with Crippen molar-refractivity contribution in [3.05, 3.63) is 15.5 Å². The Morgan fingerprint density at radius 3 is 2.68 bits per heavy atom. The lowest BCUT2D eigenvalue weighted by atomic mass is 10.3. The van der Waals surface area contributed by atoms with Gasteiger partial charge in [0.05, 0.1) is 25.5 Å². The summed E-state index contributed by atoms with van der Waals surface area (Å²) < 4.78 is 15.6. The molecular weight excluding hydrogens is 313 g/mol. The summed E-state index contributed by atoms with van der Waals surface area (Å²) in [6.45, 7) is 4.01. The fraction of sp³-hybridized carbons (Fsp3) is 0.636. The Bertz CT molecular complexity index is 389. The molecule has 1 aromatic rings. The molecule has 0 saturated heterocycles. The highest BCUT2D eigenvalue weighted by atomic mass is 35.5. The highest BCUT2D eigenvalue weighted by Crippen LogP contribution is 2.25. The van der Waals surface area contributed by atoms with E-state index in [9.17, 15) is 4.79 Å². The smallest absolute Gasteiger partial charge is 0.330 e. The first kappa shape index (κ1) is 16.7. The number of esters is 1. The average molecular weight is 328 g/mol. The molecule has 1 rings (SSSR count). The normalized spacial score (nSPS) is 12.4. The van der Waals surface area contributed by atoms with Crippen LogP contribution in [0.15, 0.2) is 5.38 Å². The topological polar surface area (TPSA) is 57.7 Å². The average Bonchev–Trinajstić information content (AvgIpc) is 2.83. The summed E-state index contributed by atoms with van der Waals surface area (Å²) in [4.78, 5) is 15.5. The van der Waals surface area contributed by atoms with Crippen LogP contribution in [0.3, 0.4) is 0 Å². The van der Waals surface area contributed by atoms with E-state index in [2.05, 4.69) is 4.98 Å². The Labute approximate surface area is 125 Å². The Balaban J connectivity index is 2.14. The fourth-order valence-corrected chi connectivity index (χ4v) is 2.18. The molecule has 0 bridgehead atoms. The SMILES string of the molecule is CCOCCOCCOC(=O)C(Cl)c1csc(Cl)n1. The molecule has 0 aliphatic carbocycles. The van der Waals surface area contributed by atoms with E-state index in [1.807, 2.05) is 6.92 Å². The Morgan fingerprint density at radius 2 is 2.05 bits per heavy atom. The van der Waals surface area contributed by atoms with Crippen molar-refractivity contribution in [2.45, 2.75) is 12.3 Å². The van der Waals surface area contributed by atoms with Gasteiger partial charge in [-0.05, 0) is 6.92 Å². The first-order chi connectivity index (χ1) is 9.15. The van der Waals surface area contributed by atoms with Gasteiger partial charge in [-0.2, -0.15) is 0 Å². The number of carbonyl (C=O) groups is 1. The largest absolute Gasteiger partial charge is 0.462 e. The van der Waals surface area contributed by atoms with E-state index in [0.717, 1.165) is 0 Å². The van der Waals surface area contributed by atoms with Crippen LogP contribution in [-0.2, 0) is 19.0 Å². The van der Waals surface area contributed by atoms with E-state index in [-0.39, 0.29) is 6.61 Å². The zero-order valence-corrected chi connectivity index (χ0v) is 12.8. The van der Waals surface area contributed by atoms with Crippen molar-refractivity contribution in [2.75, 3.05) is 33.0 Å². The van der Waals surface area contributed by atoms with Crippen LogP contribution in [0.2, 0.25) is 4.47 Å².